The maximum Gasteiger partial charge on any atom is 0.252 e. The monoisotopic (exact) mass is 386 g/mol. The van der Waals surface area contributed by atoms with Crippen molar-refractivity contribution in [3.05, 3.63) is 14.9 Å². The van der Waals surface area contributed by atoms with Crippen molar-refractivity contribution in [2.45, 2.75) is 29.5 Å². The third kappa shape index (κ3) is 3.16. The van der Waals surface area contributed by atoms with Gasteiger partial charge in [-0.1, -0.05) is 11.6 Å². The van der Waals surface area contributed by atoms with Gasteiger partial charge in [0.05, 0.1) is 8.81 Å². The summed E-state index contributed by atoms with van der Waals surface area (Å²) in [5, 5.41) is 3.70. The van der Waals surface area contributed by atoms with Crippen LogP contribution in [0.1, 0.15) is 19.8 Å². The number of hydrogen-bond donors (Lipinski definition) is 1. The average molecular weight is 388 g/mol. The second-order valence-corrected chi connectivity index (χ2v) is 9.84. The van der Waals surface area contributed by atoms with Gasteiger partial charge in [-0.15, -0.1) is 11.3 Å². The van der Waals surface area contributed by atoms with E-state index in [4.69, 9.17) is 11.6 Å². The molecule has 0 amide bonds. The van der Waals surface area contributed by atoms with Gasteiger partial charge in [0.1, 0.15) is 4.21 Å². The Morgan fingerprint density at radius 2 is 2.05 bits per heavy atom. The van der Waals surface area contributed by atoms with Gasteiger partial charge in [-0.05, 0) is 48.8 Å². The van der Waals surface area contributed by atoms with Crippen molar-refractivity contribution < 1.29 is 8.42 Å². The summed E-state index contributed by atoms with van der Waals surface area (Å²) in [6.07, 6.45) is 1.62. The van der Waals surface area contributed by atoms with Crippen LogP contribution < -0.4 is 5.32 Å². The van der Waals surface area contributed by atoms with Gasteiger partial charge < -0.3 is 5.32 Å². The second-order valence-electron chi connectivity index (χ2n) is 4.90. The summed E-state index contributed by atoms with van der Waals surface area (Å²) >= 11 is 10.3. The third-order valence-corrected chi connectivity index (χ3v) is 8.47. The molecule has 1 saturated heterocycles. The standard InChI is InChI=1S/C11H16BrClN2O2S2/c1-11(14-2)3-5-15(6-4-11)19(16,17)9-7-8(13)10(12)18-9/h7,14H,3-6H2,1-2H3. The first-order valence-electron chi connectivity index (χ1n) is 5.92. The van der Waals surface area contributed by atoms with Gasteiger partial charge in [-0.2, -0.15) is 4.31 Å². The molecule has 0 aliphatic carbocycles. The lowest BCUT2D eigenvalue weighted by Crippen LogP contribution is -2.51. The van der Waals surface area contributed by atoms with E-state index in [2.05, 4.69) is 28.2 Å². The molecule has 0 spiro atoms. The predicted molar refractivity (Wildman–Crippen MR) is 82.5 cm³/mol. The molecule has 1 N–H and O–H groups in total. The van der Waals surface area contributed by atoms with E-state index in [0.29, 0.717) is 26.1 Å². The molecule has 0 unspecified atom stereocenters. The molecule has 0 atom stereocenters. The van der Waals surface area contributed by atoms with Gasteiger partial charge in [0.15, 0.2) is 0 Å². The van der Waals surface area contributed by atoms with Crippen molar-refractivity contribution in [2.24, 2.45) is 0 Å². The molecule has 2 rings (SSSR count). The molecule has 0 aromatic carbocycles. The van der Waals surface area contributed by atoms with Crippen molar-refractivity contribution in [3.8, 4) is 0 Å². The number of nitrogens with one attached hydrogen (secondary N) is 1. The van der Waals surface area contributed by atoms with Crippen LogP contribution in [0.5, 0.6) is 0 Å². The highest BCUT2D eigenvalue weighted by atomic mass is 79.9. The van der Waals surface area contributed by atoms with Gasteiger partial charge in [0, 0.05) is 18.6 Å². The molecule has 1 aromatic heterocycles. The largest absolute Gasteiger partial charge is 0.314 e. The molecule has 4 nitrogen and oxygen atoms in total. The third-order valence-electron chi connectivity index (χ3n) is 3.65. The minimum atomic E-state index is -3.41. The highest BCUT2D eigenvalue weighted by Crippen LogP contribution is 2.37. The van der Waals surface area contributed by atoms with Crippen LogP contribution >= 0.6 is 38.9 Å². The molecule has 1 aliphatic heterocycles. The van der Waals surface area contributed by atoms with Crippen LogP contribution in [0, 0.1) is 0 Å². The average Bonchev–Trinajstić information content (AvgIpc) is 2.71. The number of piperidine rings is 1. The summed E-state index contributed by atoms with van der Waals surface area (Å²) < 4.78 is 27.5. The summed E-state index contributed by atoms with van der Waals surface area (Å²) in [5.41, 5.74) is 0.0275. The highest BCUT2D eigenvalue weighted by Gasteiger charge is 2.35. The van der Waals surface area contributed by atoms with Crippen LogP contribution in [0.3, 0.4) is 0 Å². The highest BCUT2D eigenvalue weighted by molar-refractivity contribution is 9.11. The van der Waals surface area contributed by atoms with E-state index in [-0.39, 0.29) is 5.54 Å². The quantitative estimate of drug-likeness (QED) is 0.867. The fourth-order valence-corrected chi connectivity index (χ4v) is 6.05. The van der Waals surface area contributed by atoms with Crippen LogP contribution in [0.25, 0.3) is 0 Å². The molecule has 2 heterocycles. The number of halogens is 2. The molecule has 108 valence electrons. The minimum Gasteiger partial charge on any atom is -0.314 e. The first-order valence-corrected chi connectivity index (χ1v) is 9.35. The van der Waals surface area contributed by atoms with E-state index >= 15 is 0 Å². The molecule has 0 bridgehead atoms. The second kappa shape index (κ2) is 5.61. The molecule has 1 aromatic rings. The van der Waals surface area contributed by atoms with E-state index in [1.807, 2.05) is 7.05 Å². The number of nitrogens with zero attached hydrogens (tertiary/aromatic N) is 1. The van der Waals surface area contributed by atoms with Crippen molar-refractivity contribution >= 4 is 48.9 Å². The molecule has 8 heteroatoms. The smallest absolute Gasteiger partial charge is 0.252 e. The number of hydrogen-bond acceptors (Lipinski definition) is 4. The fourth-order valence-electron chi connectivity index (χ4n) is 2.05. The Balaban J connectivity index is 2.18. The van der Waals surface area contributed by atoms with E-state index in [1.54, 1.807) is 4.31 Å². The Kier molecular flexibility index (Phi) is 4.65. The van der Waals surface area contributed by atoms with Gasteiger partial charge >= 0.3 is 0 Å². The summed E-state index contributed by atoms with van der Waals surface area (Å²) in [5.74, 6) is 0. The lowest BCUT2D eigenvalue weighted by Gasteiger charge is -2.38. The SMILES string of the molecule is CNC1(C)CCN(S(=O)(=O)c2cc(Cl)c(Br)s2)CC1. The molecular weight excluding hydrogens is 372 g/mol. The maximum absolute atomic E-state index is 12.5. The normalized spacial score (nSPS) is 20.6. The van der Waals surface area contributed by atoms with E-state index in [0.717, 1.165) is 24.2 Å². The number of thiophene rings is 1. The molecule has 0 radical (unpaired) electrons. The van der Waals surface area contributed by atoms with E-state index in [9.17, 15) is 8.42 Å². The van der Waals surface area contributed by atoms with E-state index < -0.39 is 10.0 Å². The van der Waals surface area contributed by atoms with Crippen molar-refractivity contribution in [1.82, 2.24) is 9.62 Å². The zero-order chi connectivity index (χ0) is 14.3. The predicted octanol–water partition coefficient (Wildman–Crippen LogP) is 2.93. The molecule has 0 saturated carbocycles. The Hall–Kier alpha value is 0.340. The Morgan fingerprint density at radius 1 is 1.47 bits per heavy atom. The summed E-state index contributed by atoms with van der Waals surface area (Å²) in [6.45, 7) is 3.19. The van der Waals surface area contributed by atoms with Crippen LogP contribution in [0.15, 0.2) is 14.1 Å². The Bertz CT molecular complexity index is 546. The lowest BCUT2D eigenvalue weighted by atomic mass is 9.91. The Labute approximate surface area is 131 Å². The van der Waals surface area contributed by atoms with Gasteiger partial charge in [0.25, 0.3) is 10.0 Å². The maximum atomic E-state index is 12.5. The number of rotatable bonds is 3. The first kappa shape index (κ1) is 15.7. The Morgan fingerprint density at radius 3 is 2.47 bits per heavy atom. The topological polar surface area (TPSA) is 49.4 Å². The molecule has 1 aliphatic rings. The molecule has 1 fully saturated rings. The zero-order valence-electron chi connectivity index (χ0n) is 10.7. The number of sulfonamides is 1. The fraction of sp³-hybridized carbons (Fsp3) is 0.636. The molecule has 19 heavy (non-hydrogen) atoms. The van der Waals surface area contributed by atoms with Crippen LogP contribution in [0.4, 0.5) is 0 Å². The van der Waals surface area contributed by atoms with Crippen molar-refractivity contribution in [2.75, 3.05) is 20.1 Å². The van der Waals surface area contributed by atoms with Crippen LogP contribution in [-0.4, -0.2) is 38.4 Å². The zero-order valence-corrected chi connectivity index (χ0v) is 14.7. The van der Waals surface area contributed by atoms with Gasteiger partial charge in [-0.25, -0.2) is 8.42 Å². The lowest BCUT2D eigenvalue weighted by molar-refractivity contribution is 0.220. The van der Waals surface area contributed by atoms with E-state index in [1.165, 1.54) is 6.07 Å². The van der Waals surface area contributed by atoms with Crippen LogP contribution in [-0.2, 0) is 10.0 Å². The first-order chi connectivity index (χ1) is 8.78. The van der Waals surface area contributed by atoms with Crippen molar-refractivity contribution in [3.63, 3.8) is 0 Å². The summed E-state index contributed by atoms with van der Waals surface area (Å²) in [6, 6.07) is 1.51. The molecular formula is C11H16BrClN2O2S2. The van der Waals surface area contributed by atoms with Gasteiger partial charge in [0.2, 0.25) is 0 Å². The summed E-state index contributed by atoms with van der Waals surface area (Å²) in [7, 11) is -1.50. The van der Waals surface area contributed by atoms with Crippen molar-refractivity contribution in [1.29, 1.82) is 0 Å². The van der Waals surface area contributed by atoms with Gasteiger partial charge in [-0.3, -0.25) is 0 Å². The minimum absolute atomic E-state index is 0.0275. The summed E-state index contributed by atoms with van der Waals surface area (Å²) in [4.78, 5) is 0. The van der Waals surface area contributed by atoms with Crippen LogP contribution in [0.2, 0.25) is 5.02 Å².